The van der Waals surface area contributed by atoms with Crippen molar-refractivity contribution in [3.8, 4) is 0 Å². The number of hydrogen-bond acceptors (Lipinski definition) is 3. The molecule has 0 fully saturated rings. The quantitative estimate of drug-likeness (QED) is 0.854. The van der Waals surface area contributed by atoms with Gasteiger partial charge in [-0.2, -0.15) is 5.10 Å². The summed E-state index contributed by atoms with van der Waals surface area (Å²) in [6.45, 7) is 3.59. The van der Waals surface area contributed by atoms with Crippen molar-refractivity contribution < 1.29 is 9.90 Å². The Labute approximate surface area is 97.4 Å². The highest BCUT2D eigenvalue weighted by Crippen LogP contribution is 2.25. The Balaban J connectivity index is 3.14. The second-order valence-electron chi connectivity index (χ2n) is 3.53. The zero-order chi connectivity index (χ0) is 11.6. The van der Waals surface area contributed by atoms with Crippen molar-refractivity contribution in [3.63, 3.8) is 0 Å². The molecule has 0 aliphatic rings. The third-order valence-electron chi connectivity index (χ3n) is 2.70. The second-order valence-corrected chi connectivity index (χ2v) is 4.39. The van der Waals surface area contributed by atoms with Crippen LogP contribution in [0.5, 0.6) is 0 Å². The monoisotopic (exact) mass is 274 g/mol. The van der Waals surface area contributed by atoms with E-state index >= 15 is 0 Å². The molecule has 0 amide bonds. The Morgan fingerprint density at radius 2 is 2.13 bits per heavy atom. The Morgan fingerprint density at radius 1 is 1.60 bits per heavy atom. The molecule has 0 radical (unpaired) electrons. The molecule has 4 nitrogen and oxygen atoms in total. The van der Waals surface area contributed by atoms with E-state index in [1.165, 1.54) is 4.68 Å². The molecule has 5 heteroatoms. The fraction of sp³-hybridized carbons (Fsp3) is 0.600. The number of carbonyl (C=O) groups excluding carboxylic acids is 1. The first-order chi connectivity index (χ1) is 6.96. The van der Waals surface area contributed by atoms with Crippen LogP contribution in [0, 0.1) is 0 Å². The number of nitrogens with zero attached hydrogens (tertiary/aromatic N) is 2. The maximum Gasteiger partial charge on any atom is 0.213 e. The number of aliphatic hydroxyl groups is 1. The van der Waals surface area contributed by atoms with Crippen molar-refractivity contribution in [2.24, 2.45) is 7.05 Å². The molecule has 0 atom stereocenters. The molecule has 1 N–H and O–H groups in total. The molecule has 0 saturated carbocycles. The number of aryl methyl sites for hydroxylation is 1. The Kier molecular flexibility index (Phi) is 3.67. The standard InChI is InChI=1S/C10H15BrN2O2/c1-4-10(15,5-2)9(14)8-7(11)6-12-13(8)3/h6,15H,4-5H2,1-3H3. The van der Waals surface area contributed by atoms with Gasteiger partial charge in [-0.1, -0.05) is 13.8 Å². The summed E-state index contributed by atoms with van der Waals surface area (Å²) in [5.74, 6) is -0.278. The highest BCUT2D eigenvalue weighted by atomic mass is 79.9. The highest BCUT2D eigenvalue weighted by Gasteiger charge is 2.35. The highest BCUT2D eigenvalue weighted by molar-refractivity contribution is 9.10. The molecule has 0 bridgehead atoms. The Hall–Kier alpha value is -0.680. The lowest BCUT2D eigenvalue weighted by Crippen LogP contribution is -2.38. The van der Waals surface area contributed by atoms with Crippen LogP contribution in [-0.4, -0.2) is 26.3 Å². The van der Waals surface area contributed by atoms with E-state index in [1.54, 1.807) is 27.1 Å². The minimum Gasteiger partial charge on any atom is -0.382 e. The minimum atomic E-state index is -1.28. The fourth-order valence-electron chi connectivity index (χ4n) is 1.46. The normalized spacial score (nSPS) is 11.8. The molecule has 1 aromatic heterocycles. The van der Waals surface area contributed by atoms with Crippen LogP contribution in [0.3, 0.4) is 0 Å². The Bertz CT molecular complexity index is 350. The summed E-state index contributed by atoms with van der Waals surface area (Å²) in [4.78, 5) is 12.1. The molecule has 0 aromatic carbocycles. The summed E-state index contributed by atoms with van der Waals surface area (Å²) < 4.78 is 2.10. The molecule has 1 aromatic rings. The van der Waals surface area contributed by atoms with Gasteiger partial charge < -0.3 is 5.11 Å². The molecular formula is C10H15BrN2O2. The van der Waals surface area contributed by atoms with Crippen LogP contribution in [0.25, 0.3) is 0 Å². The third-order valence-corrected chi connectivity index (χ3v) is 3.28. The average molecular weight is 275 g/mol. The molecule has 0 aliphatic carbocycles. The molecule has 0 saturated heterocycles. The zero-order valence-corrected chi connectivity index (χ0v) is 10.7. The van der Waals surface area contributed by atoms with E-state index < -0.39 is 5.60 Å². The lowest BCUT2D eigenvalue weighted by molar-refractivity contribution is 0.0267. The van der Waals surface area contributed by atoms with Gasteiger partial charge in [0.05, 0.1) is 10.7 Å². The second kappa shape index (κ2) is 4.45. The minimum absolute atomic E-state index is 0.278. The van der Waals surface area contributed by atoms with E-state index in [9.17, 15) is 9.90 Å². The summed E-state index contributed by atoms with van der Waals surface area (Å²) in [6, 6.07) is 0. The predicted molar refractivity (Wildman–Crippen MR) is 60.8 cm³/mol. The van der Waals surface area contributed by atoms with Crippen LogP contribution in [0.1, 0.15) is 37.2 Å². The van der Waals surface area contributed by atoms with Crippen LogP contribution in [-0.2, 0) is 7.05 Å². The van der Waals surface area contributed by atoms with E-state index in [1.807, 2.05) is 0 Å². The fourth-order valence-corrected chi connectivity index (χ4v) is 1.99. The molecular weight excluding hydrogens is 260 g/mol. The summed E-state index contributed by atoms with van der Waals surface area (Å²) in [7, 11) is 1.68. The largest absolute Gasteiger partial charge is 0.382 e. The van der Waals surface area contributed by atoms with Gasteiger partial charge in [0.15, 0.2) is 0 Å². The predicted octanol–water partition coefficient (Wildman–Crippen LogP) is 1.92. The van der Waals surface area contributed by atoms with Gasteiger partial charge in [-0.05, 0) is 28.8 Å². The molecule has 0 unspecified atom stereocenters. The van der Waals surface area contributed by atoms with Crippen molar-refractivity contribution in [1.29, 1.82) is 0 Å². The number of halogens is 1. The molecule has 0 aliphatic heterocycles. The molecule has 15 heavy (non-hydrogen) atoms. The van der Waals surface area contributed by atoms with Crippen molar-refractivity contribution in [2.45, 2.75) is 32.3 Å². The van der Waals surface area contributed by atoms with Gasteiger partial charge in [0.2, 0.25) is 5.78 Å². The SMILES string of the molecule is CCC(O)(CC)C(=O)c1c(Br)cnn1C. The van der Waals surface area contributed by atoms with Gasteiger partial charge in [0, 0.05) is 7.05 Å². The number of ketones is 1. The average Bonchev–Trinajstić information content (AvgIpc) is 2.56. The van der Waals surface area contributed by atoms with Gasteiger partial charge in [-0.3, -0.25) is 9.48 Å². The summed E-state index contributed by atoms with van der Waals surface area (Å²) in [5.41, 5.74) is -0.864. The Morgan fingerprint density at radius 3 is 2.47 bits per heavy atom. The van der Waals surface area contributed by atoms with E-state index in [0.29, 0.717) is 23.0 Å². The van der Waals surface area contributed by atoms with Gasteiger partial charge >= 0.3 is 0 Å². The number of Topliss-reactive ketones (excluding diaryl/α,β-unsaturated/α-hetero) is 1. The van der Waals surface area contributed by atoms with Crippen LogP contribution < -0.4 is 0 Å². The first-order valence-electron chi connectivity index (χ1n) is 4.91. The van der Waals surface area contributed by atoms with Crippen LogP contribution in [0.4, 0.5) is 0 Å². The third kappa shape index (κ3) is 2.13. The van der Waals surface area contributed by atoms with Crippen LogP contribution in [0.15, 0.2) is 10.7 Å². The van der Waals surface area contributed by atoms with Crippen molar-refractivity contribution in [1.82, 2.24) is 9.78 Å². The smallest absolute Gasteiger partial charge is 0.213 e. The molecule has 84 valence electrons. The number of carbonyl (C=O) groups is 1. The van der Waals surface area contributed by atoms with Crippen LogP contribution in [0.2, 0.25) is 0 Å². The van der Waals surface area contributed by atoms with E-state index in [-0.39, 0.29) is 5.78 Å². The summed E-state index contributed by atoms with van der Waals surface area (Å²) in [5, 5.41) is 14.1. The van der Waals surface area contributed by atoms with E-state index in [2.05, 4.69) is 21.0 Å². The number of rotatable bonds is 4. The van der Waals surface area contributed by atoms with Crippen molar-refractivity contribution in [3.05, 3.63) is 16.4 Å². The van der Waals surface area contributed by atoms with E-state index in [4.69, 9.17) is 0 Å². The lowest BCUT2D eigenvalue weighted by Gasteiger charge is -2.23. The first-order valence-corrected chi connectivity index (χ1v) is 5.70. The van der Waals surface area contributed by atoms with Gasteiger partial charge in [-0.25, -0.2) is 0 Å². The van der Waals surface area contributed by atoms with Gasteiger partial charge in [0.25, 0.3) is 0 Å². The van der Waals surface area contributed by atoms with Crippen molar-refractivity contribution in [2.75, 3.05) is 0 Å². The first kappa shape index (κ1) is 12.4. The number of hydrogen-bond donors (Lipinski definition) is 1. The van der Waals surface area contributed by atoms with E-state index in [0.717, 1.165) is 0 Å². The molecule has 1 heterocycles. The number of aromatic nitrogens is 2. The molecule has 1 rings (SSSR count). The zero-order valence-electron chi connectivity index (χ0n) is 9.12. The van der Waals surface area contributed by atoms with Crippen LogP contribution >= 0.6 is 15.9 Å². The topological polar surface area (TPSA) is 55.1 Å². The maximum absolute atomic E-state index is 12.1. The molecule has 0 spiro atoms. The maximum atomic E-state index is 12.1. The lowest BCUT2D eigenvalue weighted by atomic mass is 9.90. The summed E-state index contributed by atoms with van der Waals surface area (Å²) in [6.07, 6.45) is 2.36. The van der Waals surface area contributed by atoms with Crippen molar-refractivity contribution >= 4 is 21.7 Å². The summed E-state index contributed by atoms with van der Waals surface area (Å²) >= 11 is 3.25. The van der Waals surface area contributed by atoms with Gasteiger partial charge in [-0.15, -0.1) is 0 Å². The van der Waals surface area contributed by atoms with Gasteiger partial charge in [0.1, 0.15) is 11.3 Å².